The Labute approximate surface area is 187 Å². The molecule has 9 heteroatoms. The lowest BCUT2D eigenvalue weighted by Crippen LogP contribution is -2.35. The molecule has 1 N–H and O–H groups in total. The second-order valence-electron chi connectivity index (χ2n) is 7.12. The summed E-state index contributed by atoms with van der Waals surface area (Å²) < 4.78 is 10.9. The fourth-order valence-electron chi connectivity index (χ4n) is 3.63. The number of hydrogen-bond donors (Lipinski definition) is 1. The van der Waals surface area contributed by atoms with Crippen LogP contribution in [0.25, 0.3) is 22.9 Å². The number of imidazole rings is 1. The number of para-hydroxylation sites is 2. The minimum atomic E-state index is -0.629. The number of benzene rings is 2. The number of nitrogens with zero attached hydrogens (tertiary/aromatic N) is 3. The minimum Gasteiger partial charge on any atom is -0.465 e. The van der Waals surface area contributed by atoms with Crippen molar-refractivity contribution in [1.82, 2.24) is 9.38 Å². The monoisotopic (exact) mass is 442 g/mol. The summed E-state index contributed by atoms with van der Waals surface area (Å²) in [7, 11) is 2.48. The SMILES string of the molecule is COC(=O)c1ccc(C(=O)OC)c(NC=c2c(C)c(C#N)c3nc4ccccc4n3c2=O)c1. The summed E-state index contributed by atoms with van der Waals surface area (Å²) in [6.45, 7) is 1.65. The standard InChI is InChI=1S/C24H18N4O5/c1-13-16(11-25)21-27-18-6-4-5-7-20(18)28(21)22(29)17(13)12-26-19-10-14(23(30)32-2)8-9-15(19)24(31)33-3/h4-10,12,26H,1-3H3. The van der Waals surface area contributed by atoms with Crippen LogP contribution < -0.4 is 16.1 Å². The largest absolute Gasteiger partial charge is 0.465 e. The van der Waals surface area contributed by atoms with Crippen LogP contribution in [0.15, 0.2) is 47.3 Å². The van der Waals surface area contributed by atoms with E-state index in [1.54, 1.807) is 31.2 Å². The van der Waals surface area contributed by atoms with Crippen LogP contribution in [-0.2, 0) is 9.47 Å². The maximum absolute atomic E-state index is 13.4. The van der Waals surface area contributed by atoms with Crippen molar-refractivity contribution in [3.63, 3.8) is 0 Å². The molecule has 0 amide bonds. The lowest BCUT2D eigenvalue weighted by Gasteiger charge is -2.10. The first-order valence-corrected chi connectivity index (χ1v) is 9.82. The zero-order valence-electron chi connectivity index (χ0n) is 18.0. The molecule has 0 atom stereocenters. The van der Waals surface area contributed by atoms with Crippen molar-refractivity contribution in [3.8, 4) is 6.07 Å². The Morgan fingerprint density at radius 3 is 2.55 bits per heavy atom. The Morgan fingerprint density at radius 1 is 1.12 bits per heavy atom. The smallest absolute Gasteiger partial charge is 0.339 e. The average Bonchev–Trinajstić information content (AvgIpc) is 3.22. The van der Waals surface area contributed by atoms with Crippen LogP contribution in [0, 0.1) is 18.3 Å². The number of hydrogen-bond acceptors (Lipinski definition) is 8. The van der Waals surface area contributed by atoms with Crippen molar-refractivity contribution < 1.29 is 19.1 Å². The second kappa shape index (κ2) is 8.43. The van der Waals surface area contributed by atoms with Crippen molar-refractivity contribution in [2.75, 3.05) is 19.5 Å². The number of nitrogens with one attached hydrogen (secondary N) is 1. The molecule has 9 nitrogen and oxygen atoms in total. The normalized spacial score (nSPS) is 11.4. The Bertz CT molecular complexity index is 1600. The fraction of sp³-hybridized carbons (Fsp3) is 0.125. The van der Waals surface area contributed by atoms with Crippen LogP contribution in [0.2, 0.25) is 0 Å². The van der Waals surface area contributed by atoms with E-state index in [9.17, 15) is 19.6 Å². The second-order valence-corrected chi connectivity index (χ2v) is 7.12. The van der Waals surface area contributed by atoms with Crippen LogP contribution in [0.5, 0.6) is 0 Å². The molecule has 2 aromatic heterocycles. The molecule has 0 aliphatic carbocycles. The van der Waals surface area contributed by atoms with E-state index in [1.165, 1.54) is 43.0 Å². The third-order valence-electron chi connectivity index (χ3n) is 5.33. The van der Waals surface area contributed by atoms with E-state index < -0.39 is 11.9 Å². The van der Waals surface area contributed by atoms with Crippen molar-refractivity contribution in [3.05, 3.63) is 80.3 Å². The molecule has 33 heavy (non-hydrogen) atoms. The van der Waals surface area contributed by atoms with Gasteiger partial charge in [-0.3, -0.25) is 9.20 Å². The highest BCUT2D eigenvalue weighted by Gasteiger charge is 2.18. The first-order valence-electron chi connectivity index (χ1n) is 9.82. The quantitative estimate of drug-likeness (QED) is 0.477. The van der Waals surface area contributed by atoms with E-state index >= 15 is 0 Å². The van der Waals surface area contributed by atoms with Crippen LogP contribution in [0.1, 0.15) is 31.8 Å². The van der Waals surface area contributed by atoms with Gasteiger partial charge in [0.1, 0.15) is 6.07 Å². The Morgan fingerprint density at radius 2 is 1.85 bits per heavy atom. The molecule has 0 saturated carbocycles. The van der Waals surface area contributed by atoms with E-state index in [2.05, 4.69) is 16.4 Å². The zero-order chi connectivity index (χ0) is 23.7. The summed E-state index contributed by atoms with van der Waals surface area (Å²) in [4.78, 5) is 42.0. The molecule has 2 heterocycles. The minimum absolute atomic E-state index is 0.154. The highest BCUT2D eigenvalue weighted by molar-refractivity contribution is 5.99. The van der Waals surface area contributed by atoms with Gasteiger partial charge in [0, 0.05) is 6.20 Å². The molecular weight excluding hydrogens is 424 g/mol. The number of carbonyl (C=O) groups excluding carboxylic acids is 2. The number of esters is 2. The molecule has 2 aromatic carbocycles. The molecule has 0 radical (unpaired) electrons. The van der Waals surface area contributed by atoms with Gasteiger partial charge in [0.2, 0.25) is 0 Å². The maximum Gasteiger partial charge on any atom is 0.339 e. The van der Waals surface area contributed by atoms with Gasteiger partial charge >= 0.3 is 11.9 Å². The summed E-state index contributed by atoms with van der Waals surface area (Å²) in [5.74, 6) is -1.22. The number of methoxy groups -OCH3 is 2. The lowest BCUT2D eigenvalue weighted by atomic mass is 10.1. The molecule has 0 bridgehead atoms. The lowest BCUT2D eigenvalue weighted by molar-refractivity contribution is 0.0587. The van der Waals surface area contributed by atoms with Gasteiger partial charge in [-0.15, -0.1) is 0 Å². The molecule has 164 valence electrons. The molecule has 0 unspecified atom stereocenters. The highest BCUT2D eigenvalue weighted by atomic mass is 16.5. The first kappa shape index (κ1) is 21.5. The predicted octanol–water partition coefficient (Wildman–Crippen LogP) is 2.17. The van der Waals surface area contributed by atoms with Crippen molar-refractivity contribution in [2.24, 2.45) is 0 Å². The van der Waals surface area contributed by atoms with E-state index in [0.717, 1.165) is 0 Å². The van der Waals surface area contributed by atoms with E-state index in [4.69, 9.17) is 9.47 Å². The van der Waals surface area contributed by atoms with Crippen molar-refractivity contribution in [1.29, 1.82) is 5.26 Å². The van der Waals surface area contributed by atoms with Gasteiger partial charge in [-0.1, -0.05) is 12.1 Å². The van der Waals surface area contributed by atoms with Crippen LogP contribution in [0.4, 0.5) is 5.69 Å². The third kappa shape index (κ3) is 3.53. The van der Waals surface area contributed by atoms with Gasteiger partial charge in [0.05, 0.1) is 52.8 Å². The number of nitriles is 1. The molecule has 4 aromatic rings. The number of carbonyl (C=O) groups is 2. The summed E-state index contributed by atoms with van der Waals surface area (Å²) in [6.07, 6.45) is 1.40. The van der Waals surface area contributed by atoms with Gasteiger partial charge in [-0.25, -0.2) is 14.6 Å². The molecule has 0 saturated heterocycles. The molecule has 4 rings (SSSR count). The van der Waals surface area contributed by atoms with Gasteiger partial charge < -0.3 is 14.8 Å². The summed E-state index contributed by atoms with van der Waals surface area (Å²) in [6, 6.07) is 13.5. The van der Waals surface area contributed by atoms with Gasteiger partial charge in [0.15, 0.2) is 5.65 Å². The first-order chi connectivity index (χ1) is 15.9. The van der Waals surface area contributed by atoms with Crippen LogP contribution >= 0.6 is 0 Å². The topological polar surface area (TPSA) is 123 Å². The third-order valence-corrected chi connectivity index (χ3v) is 5.33. The summed E-state index contributed by atoms with van der Waals surface area (Å²) in [5.41, 5.74) is 2.35. The molecule has 0 aliphatic heterocycles. The van der Waals surface area contributed by atoms with Gasteiger partial charge in [-0.05, 0) is 42.8 Å². The van der Waals surface area contributed by atoms with E-state index in [0.29, 0.717) is 16.6 Å². The average molecular weight is 442 g/mol. The van der Waals surface area contributed by atoms with Gasteiger partial charge in [0.25, 0.3) is 5.56 Å². The summed E-state index contributed by atoms with van der Waals surface area (Å²) in [5, 5.41) is 12.9. The number of rotatable bonds is 4. The number of aromatic nitrogens is 2. The number of anilines is 1. The molecular formula is C24H18N4O5. The number of pyridine rings is 1. The van der Waals surface area contributed by atoms with Gasteiger partial charge in [-0.2, -0.15) is 5.26 Å². The zero-order valence-corrected chi connectivity index (χ0v) is 18.0. The Kier molecular flexibility index (Phi) is 5.50. The molecule has 0 spiro atoms. The van der Waals surface area contributed by atoms with Crippen molar-refractivity contribution >= 4 is 40.5 Å². The Hall–Kier alpha value is -4.71. The molecule has 0 fully saturated rings. The Balaban J connectivity index is 1.96. The fourth-order valence-corrected chi connectivity index (χ4v) is 3.63. The summed E-state index contributed by atoms with van der Waals surface area (Å²) >= 11 is 0. The van der Waals surface area contributed by atoms with E-state index in [1.807, 2.05) is 0 Å². The van der Waals surface area contributed by atoms with Crippen LogP contribution in [-0.4, -0.2) is 35.5 Å². The molecule has 0 aliphatic rings. The highest BCUT2D eigenvalue weighted by Crippen LogP contribution is 2.21. The van der Waals surface area contributed by atoms with Crippen LogP contribution in [0.3, 0.4) is 0 Å². The maximum atomic E-state index is 13.4. The van der Waals surface area contributed by atoms with E-state index in [-0.39, 0.29) is 38.8 Å². The van der Waals surface area contributed by atoms with Crippen molar-refractivity contribution in [2.45, 2.75) is 6.92 Å². The number of fused-ring (bicyclic) bond motifs is 3. The predicted molar refractivity (Wildman–Crippen MR) is 121 cm³/mol. The number of ether oxygens (including phenoxy) is 2.